The summed E-state index contributed by atoms with van der Waals surface area (Å²) >= 11 is 0. The summed E-state index contributed by atoms with van der Waals surface area (Å²) in [5, 5.41) is 3.49. The smallest absolute Gasteiger partial charge is 0.338 e. The third-order valence-corrected chi connectivity index (χ3v) is 8.90. The van der Waals surface area contributed by atoms with Gasteiger partial charge in [0.2, 0.25) is 0 Å². The maximum absolute atomic E-state index is 12.5. The first-order chi connectivity index (χ1) is 18.8. The molecule has 0 aliphatic heterocycles. The molecule has 41 heavy (non-hydrogen) atoms. The molecule has 3 aromatic rings. The van der Waals surface area contributed by atoms with Crippen molar-refractivity contribution in [2.75, 3.05) is 7.11 Å². The number of Topliss-reactive ketones (excluding diaryl/α,β-unsaturated/α-hetero) is 1. The van der Waals surface area contributed by atoms with Gasteiger partial charge in [0.25, 0.3) is 0 Å². The zero-order valence-electron chi connectivity index (χ0n) is 26.1. The SMILES string of the molecule is [CH2-]C(CC(C)(C)C)C(=O)C(C)(C)C.[CH2-]CCCc1ccc(C(=O)OC)c(P(c2ccccc2)c2ccccc2)c1.[Y]. The number of methoxy groups -OCH3 is 1. The second-order valence-corrected chi connectivity index (χ2v) is 14.6. The number of unbranched alkanes of at least 4 members (excludes halogenated alkanes) is 1. The van der Waals surface area contributed by atoms with Gasteiger partial charge < -0.3 is 23.4 Å². The number of carbonyl (C=O) groups excluding carboxylic acids is 2. The van der Waals surface area contributed by atoms with Crippen molar-refractivity contribution in [3.05, 3.63) is 104 Å². The first-order valence-electron chi connectivity index (χ1n) is 14.1. The number of ketones is 1. The van der Waals surface area contributed by atoms with Crippen LogP contribution in [0.25, 0.3) is 0 Å². The van der Waals surface area contributed by atoms with Crippen molar-refractivity contribution in [1.29, 1.82) is 0 Å². The fourth-order valence-corrected chi connectivity index (χ4v) is 7.05. The van der Waals surface area contributed by atoms with E-state index in [1.165, 1.54) is 23.3 Å². The Balaban J connectivity index is 0.000000512. The molecule has 0 fully saturated rings. The predicted octanol–water partition coefficient (Wildman–Crippen LogP) is 7.87. The molecule has 0 amide bonds. The van der Waals surface area contributed by atoms with Crippen molar-refractivity contribution >= 4 is 35.6 Å². The predicted molar refractivity (Wildman–Crippen MR) is 172 cm³/mol. The molecule has 3 rings (SSSR count). The second kappa shape index (κ2) is 17.5. The van der Waals surface area contributed by atoms with E-state index in [-0.39, 0.29) is 61.2 Å². The van der Waals surface area contributed by atoms with Crippen LogP contribution in [0.5, 0.6) is 0 Å². The standard InChI is InChI=1S/C24H24O2P.C12H23O.Y/c1-3-4-11-19-16-17-22(24(25)26-2)23(18-19)27(20-12-7-5-8-13-20)21-14-9-6-10-15-21;1-9(8-11(2,3)4)10(13)12(5,6)7;/h5-10,12-18H,1,3-4,11H2,2H3;9H,1,8H2,2-7H3;/q2*-1;. The summed E-state index contributed by atoms with van der Waals surface area (Å²) in [5.41, 5.74) is 1.82. The Labute approximate surface area is 275 Å². The summed E-state index contributed by atoms with van der Waals surface area (Å²) in [4.78, 5) is 24.3. The monoisotopic (exact) mass is 647 g/mol. The van der Waals surface area contributed by atoms with Crippen LogP contribution < -0.4 is 15.9 Å². The number of aryl methyl sites for hydroxylation is 1. The Morgan fingerprint density at radius 2 is 1.37 bits per heavy atom. The minimum Gasteiger partial charge on any atom is -0.465 e. The summed E-state index contributed by atoms with van der Waals surface area (Å²) in [6, 6.07) is 27.0. The van der Waals surface area contributed by atoms with Crippen LogP contribution >= 0.6 is 7.92 Å². The van der Waals surface area contributed by atoms with Gasteiger partial charge in [-0.1, -0.05) is 121 Å². The first-order valence-corrected chi connectivity index (χ1v) is 15.4. The molecule has 0 saturated heterocycles. The van der Waals surface area contributed by atoms with Crippen molar-refractivity contribution in [2.45, 2.75) is 67.2 Å². The number of rotatable bonds is 9. The first kappa shape index (κ1) is 37.4. The van der Waals surface area contributed by atoms with Crippen molar-refractivity contribution in [2.24, 2.45) is 16.7 Å². The number of carbonyl (C=O) groups is 2. The van der Waals surface area contributed by atoms with Crippen molar-refractivity contribution in [3.63, 3.8) is 0 Å². The van der Waals surface area contributed by atoms with E-state index in [1.807, 2.05) is 45.0 Å². The molecule has 0 heterocycles. The number of hydrogen-bond donors (Lipinski definition) is 0. The topological polar surface area (TPSA) is 43.4 Å². The number of ether oxygens (including phenoxy) is 1. The third-order valence-electron chi connectivity index (χ3n) is 6.42. The van der Waals surface area contributed by atoms with Crippen LogP contribution in [0.3, 0.4) is 0 Å². The summed E-state index contributed by atoms with van der Waals surface area (Å²) in [6.45, 7) is 20.2. The van der Waals surface area contributed by atoms with Gasteiger partial charge in [0.1, 0.15) is 5.78 Å². The molecule has 1 unspecified atom stereocenters. The molecule has 0 aliphatic carbocycles. The van der Waals surface area contributed by atoms with Gasteiger partial charge in [-0.3, -0.25) is 0 Å². The van der Waals surface area contributed by atoms with Crippen LogP contribution in [0.4, 0.5) is 0 Å². The zero-order valence-corrected chi connectivity index (χ0v) is 29.8. The van der Waals surface area contributed by atoms with E-state index >= 15 is 0 Å². The molecule has 0 aliphatic rings. The molecule has 0 spiro atoms. The molecule has 1 radical (unpaired) electrons. The average molecular weight is 648 g/mol. The molecule has 0 aromatic heterocycles. The molecule has 3 aromatic carbocycles. The molecule has 0 N–H and O–H groups in total. The summed E-state index contributed by atoms with van der Waals surface area (Å²) < 4.78 is 5.08. The van der Waals surface area contributed by atoms with E-state index < -0.39 is 7.92 Å². The Kier molecular flexibility index (Phi) is 15.9. The van der Waals surface area contributed by atoms with Crippen molar-refractivity contribution in [1.82, 2.24) is 0 Å². The maximum atomic E-state index is 12.5. The average Bonchev–Trinajstić information content (AvgIpc) is 2.91. The van der Waals surface area contributed by atoms with Gasteiger partial charge in [0.05, 0.1) is 12.7 Å². The Morgan fingerprint density at radius 3 is 1.78 bits per heavy atom. The molecule has 5 heteroatoms. The number of benzene rings is 3. The maximum Gasteiger partial charge on any atom is 0.338 e. The minimum atomic E-state index is -0.853. The fraction of sp³-hybridized carbons (Fsp3) is 0.389. The normalized spacial score (nSPS) is 12.0. The molecule has 0 saturated carbocycles. The third kappa shape index (κ3) is 12.2. The minimum absolute atomic E-state index is 0. The summed E-state index contributed by atoms with van der Waals surface area (Å²) in [7, 11) is 0.588. The van der Waals surface area contributed by atoms with E-state index in [0.717, 1.165) is 31.0 Å². The number of hydrogen-bond acceptors (Lipinski definition) is 3. The summed E-state index contributed by atoms with van der Waals surface area (Å²) in [5.74, 6) is -0.0875. The van der Waals surface area contributed by atoms with E-state index in [0.29, 0.717) is 5.56 Å². The summed E-state index contributed by atoms with van der Waals surface area (Å²) in [6.07, 6.45) is 3.76. The van der Waals surface area contributed by atoms with E-state index in [9.17, 15) is 9.59 Å². The Morgan fingerprint density at radius 1 is 0.854 bits per heavy atom. The van der Waals surface area contributed by atoms with Gasteiger partial charge in [-0.05, 0) is 53.4 Å². The molecular formula is C36H47O3PY-2. The van der Waals surface area contributed by atoms with Crippen molar-refractivity contribution in [3.8, 4) is 0 Å². The van der Waals surface area contributed by atoms with Crippen LogP contribution in [0, 0.1) is 30.6 Å². The Hall–Kier alpha value is -1.67. The van der Waals surface area contributed by atoms with Crippen LogP contribution in [-0.4, -0.2) is 18.9 Å². The molecule has 1 atom stereocenters. The second-order valence-electron chi connectivity index (χ2n) is 12.4. The zero-order chi connectivity index (χ0) is 29.9. The molecule has 3 nitrogen and oxygen atoms in total. The van der Waals surface area contributed by atoms with Gasteiger partial charge in [-0.15, -0.1) is 5.92 Å². The van der Waals surface area contributed by atoms with Gasteiger partial charge >= 0.3 is 5.97 Å². The molecular weight excluding hydrogens is 600 g/mol. The fourth-order valence-electron chi connectivity index (χ4n) is 4.56. The number of esters is 1. The van der Waals surface area contributed by atoms with Crippen molar-refractivity contribution < 1.29 is 47.0 Å². The van der Waals surface area contributed by atoms with Gasteiger partial charge in [-0.25, -0.2) is 4.79 Å². The van der Waals surface area contributed by atoms with Gasteiger partial charge in [-0.2, -0.15) is 6.42 Å². The molecule has 219 valence electrons. The van der Waals surface area contributed by atoms with Gasteiger partial charge in [0.15, 0.2) is 0 Å². The van der Waals surface area contributed by atoms with Crippen LogP contribution in [0.15, 0.2) is 78.9 Å². The van der Waals surface area contributed by atoms with E-state index in [2.05, 4.69) is 89.2 Å². The van der Waals surface area contributed by atoms with Crippen LogP contribution in [0.2, 0.25) is 0 Å². The van der Waals surface area contributed by atoms with Crippen LogP contribution in [0.1, 0.15) is 76.7 Å². The van der Waals surface area contributed by atoms with E-state index in [4.69, 9.17) is 4.74 Å². The van der Waals surface area contributed by atoms with Gasteiger partial charge in [0, 0.05) is 38.1 Å². The van der Waals surface area contributed by atoms with E-state index in [1.54, 1.807) is 0 Å². The largest absolute Gasteiger partial charge is 0.465 e. The Bertz CT molecular complexity index is 1170. The quantitative estimate of drug-likeness (QED) is 0.135. The van der Waals surface area contributed by atoms with Crippen LogP contribution in [-0.2, 0) is 48.7 Å². The molecule has 0 bridgehead atoms.